The van der Waals surface area contributed by atoms with Crippen LogP contribution in [0.25, 0.3) is 11.3 Å². The van der Waals surface area contributed by atoms with Gasteiger partial charge in [0.2, 0.25) is 5.91 Å². The van der Waals surface area contributed by atoms with Crippen molar-refractivity contribution >= 4 is 27.3 Å². The van der Waals surface area contributed by atoms with Crippen molar-refractivity contribution < 1.29 is 13.2 Å². The lowest BCUT2D eigenvalue weighted by molar-refractivity contribution is -0.114. The third-order valence-corrected chi connectivity index (χ3v) is 7.29. The van der Waals surface area contributed by atoms with Crippen LogP contribution in [0.4, 0.5) is 11.4 Å². The summed E-state index contributed by atoms with van der Waals surface area (Å²) in [6.45, 7) is 3.14. The summed E-state index contributed by atoms with van der Waals surface area (Å²) in [7, 11) is -2.26. The van der Waals surface area contributed by atoms with Gasteiger partial charge in [0.25, 0.3) is 15.6 Å². The van der Waals surface area contributed by atoms with E-state index in [1.165, 1.54) is 11.6 Å². The number of anilines is 2. The predicted octanol–water partition coefficient (Wildman–Crippen LogP) is 3.39. The van der Waals surface area contributed by atoms with E-state index in [4.69, 9.17) is 0 Å². The van der Waals surface area contributed by atoms with E-state index in [9.17, 15) is 18.0 Å². The summed E-state index contributed by atoms with van der Waals surface area (Å²) >= 11 is 0. The van der Waals surface area contributed by atoms with Crippen LogP contribution in [-0.4, -0.2) is 24.1 Å². The molecule has 0 radical (unpaired) electrons. The van der Waals surface area contributed by atoms with Gasteiger partial charge in [0.1, 0.15) is 0 Å². The third-order valence-electron chi connectivity index (χ3n) is 5.76. The molecule has 1 amide bonds. The average molecular weight is 467 g/mol. The molecule has 9 heteroatoms. The number of nitrogens with one attached hydrogen (secondary N) is 2. The summed E-state index contributed by atoms with van der Waals surface area (Å²) in [5, 5.41) is 7.13. The fourth-order valence-electron chi connectivity index (χ4n) is 4.16. The molecule has 2 N–H and O–H groups in total. The molecule has 0 fully saturated rings. The molecule has 8 nitrogen and oxygen atoms in total. The van der Waals surface area contributed by atoms with Crippen molar-refractivity contribution in [1.29, 1.82) is 0 Å². The number of benzene rings is 2. The highest BCUT2D eigenvalue weighted by atomic mass is 32.2. The van der Waals surface area contributed by atoms with Gasteiger partial charge in [0.15, 0.2) is 0 Å². The molecule has 1 aliphatic rings. The SMILES string of the molecule is CC(=O)Nc1ccc(NS(=O)(=O)c2cc(-c3nn(C)c(=O)c4c3CCCC4)ccc2C)cc1. The van der Waals surface area contributed by atoms with E-state index in [0.29, 0.717) is 34.6 Å². The largest absolute Gasteiger partial charge is 0.326 e. The van der Waals surface area contributed by atoms with Crippen LogP contribution in [-0.2, 0) is 34.7 Å². The minimum absolute atomic E-state index is 0.0854. The molecule has 1 heterocycles. The second-order valence-corrected chi connectivity index (χ2v) is 9.94. The molecule has 0 spiro atoms. The molecule has 33 heavy (non-hydrogen) atoms. The number of sulfonamides is 1. The number of hydrogen-bond acceptors (Lipinski definition) is 5. The summed E-state index contributed by atoms with van der Waals surface area (Å²) < 4.78 is 30.4. The molecule has 0 aliphatic heterocycles. The van der Waals surface area contributed by atoms with Gasteiger partial charge in [0.05, 0.1) is 10.6 Å². The van der Waals surface area contributed by atoms with E-state index in [0.717, 1.165) is 30.4 Å². The average Bonchev–Trinajstić information content (AvgIpc) is 2.77. The molecule has 0 saturated carbocycles. The maximum absolute atomic E-state index is 13.2. The van der Waals surface area contributed by atoms with Crippen LogP contribution in [0.5, 0.6) is 0 Å². The fourth-order valence-corrected chi connectivity index (χ4v) is 5.49. The number of aromatic nitrogens is 2. The van der Waals surface area contributed by atoms with Gasteiger partial charge in [-0.2, -0.15) is 5.10 Å². The second kappa shape index (κ2) is 8.82. The predicted molar refractivity (Wildman–Crippen MR) is 128 cm³/mol. The molecule has 0 saturated heterocycles. The fraction of sp³-hybridized carbons (Fsp3) is 0.292. The molecule has 1 aliphatic carbocycles. The normalized spacial score (nSPS) is 13.3. The molecule has 0 unspecified atom stereocenters. The highest BCUT2D eigenvalue weighted by molar-refractivity contribution is 7.92. The Bertz CT molecular complexity index is 1390. The van der Waals surface area contributed by atoms with Crippen molar-refractivity contribution in [1.82, 2.24) is 9.78 Å². The first-order valence-electron chi connectivity index (χ1n) is 10.8. The topological polar surface area (TPSA) is 110 Å². The summed E-state index contributed by atoms with van der Waals surface area (Å²) in [5.74, 6) is -0.204. The Morgan fingerprint density at radius 3 is 2.30 bits per heavy atom. The van der Waals surface area contributed by atoms with Crippen LogP contribution < -0.4 is 15.6 Å². The first-order valence-corrected chi connectivity index (χ1v) is 12.2. The Hall–Kier alpha value is -3.46. The van der Waals surface area contributed by atoms with Crippen LogP contribution in [0, 0.1) is 6.92 Å². The van der Waals surface area contributed by atoms with Crippen LogP contribution in [0.1, 0.15) is 36.5 Å². The van der Waals surface area contributed by atoms with Gasteiger partial charge in [-0.3, -0.25) is 14.3 Å². The van der Waals surface area contributed by atoms with Crippen molar-refractivity contribution in [2.75, 3.05) is 10.0 Å². The highest BCUT2D eigenvalue weighted by Crippen LogP contribution is 2.31. The number of amides is 1. The van der Waals surface area contributed by atoms with Crippen LogP contribution in [0.2, 0.25) is 0 Å². The number of nitrogens with zero attached hydrogens (tertiary/aromatic N) is 2. The first kappa shape index (κ1) is 22.7. The van der Waals surface area contributed by atoms with Gasteiger partial charge < -0.3 is 5.32 Å². The van der Waals surface area contributed by atoms with Crippen molar-refractivity contribution in [3.63, 3.8) is 0 Å². The Labute approximate surface area is 192 Å². The van der Waals surface area contributed by atoms with Gasteiger partial charge in [-0.05, 0) is 74.1 Å². The Morgan fingerprint density at radius 2 is 1.64 bits per heavy atom. The molecule has 3 aromatic rings. The lowest BCUT2D eigenvalue weighted by Gasteiger charge is -2.20. The number of rotatable bonds is 5. The molecular weight excluding hydrogens is 440 g/mol. The maximum atomic E-state index is 13.2. The molecular formula is C24H26N4O4S. The van der Waals surface area contributed by atoms with Gasteiger partial charge in [-0.25, -0.2) is 13.1 Å². The smallest absolute Gasteiger partial charge is 0.269 e. The van der Waals surface area contributed by atoms with Gasteiger partial charge in [-0.1, -0.05) is 12.1 Å². The minimum Gasteiger partial charge on any atom is -0.326 e. The summed E-state index contributed by atoms with van der Waals surface area (Å²) in [4.78, 5) is 23.9. The molecule has 172 valence electrons. The number of fused-ring (bicyclic) bond motifs is 1. The Kier molecular flexibility index (Phi) is 6.07. The second-order valence-electron chi connectivity index (χ2n) is 8.29. The zero-order valence-corrected chi connectivity index (χ0v) is 19.6. The standard InChI is InChI=1S/C24H26N4O4S/c1-15-8-9-17(23-20-6-4-5-7-21(20)24(30)28(3)26-23)14-22(15)33(31,32)27-19-12-10-18(11-13-19)25-16(2)29/h8-14,27H,4-7H2,1-3H3,(H,25,29). The van der Waals surface area contributed by atoms with E-state index in [1.807, 2.05) is 6.07 Å². The lowest BCUT2D eigenvalue weighted by Crippen LogP contribution is -2.28. The van der Waals surface area contributed by atoms with Gasteiger partial charge >= 0.3 is 0 Å². The van der Waals surface area contributed by atoms with Crippen molar-refractivity contribution in [3.8, 4) is 11.3 Å². The summed E-state index contributed by atoms with van der Waals surface area (Å²) in [5.41, 5.74) is 4.48. The number of hydrogen-bond donors (Lipinski definition) is 2. The van der Waals surface area contributed by atoms with Crippen LogP contribution in [0.3, 0.4) is 0 Å². The maximum Gasteiger partial charge on any atom is 0.269 e. The van der Waals surface area contributed by atoms with E-state index in [-0.39, 0.29) is 16.4 Å². The molecule has 1 aromatic heterocycles. The monoisotopic (exact) mass is 466 g/mol. The van der Waals surface area contributed by atoms with Crippen LogP contribution >= 0.6 is 0 Å². The quantitative estimate of drug-likeness (QED) is 0.599. The first-order chi connectivity index (χ1) is 15.7. The van der Waals surface area contributed by atoms with E-state index in [2.05, 4.69) is 15.1 Å². The zero-order chi connectivity index (χ0) is 23.8. The molecule has 0 bridgehead atoms. The Balaban J connectivity index is 1.71. The summed E-state index contributed by atoms with van der Waals surface area (Å²) in [6, 6.07) is 11.7. The lowest BCUT2D eigenvalue weighted by atomic mass is 9.89. The van der Waals surface area contributed by atoms with Crippen molar-refractivity contribution in [2.24, 2.45) is 7.05 Å². The van der Waals surface area contributed by atoms with Gasteiger partial charge in [-0.15, -0.1) is 0 Å². The van der Waals surface area contributed by atoms with E-state index < -0.39 is 10.0 Å². The van der Waals surface area contributed by atoms with E-state index in [1.54, 1.807) is 50.4 Å². The van der Waals surface area contributed by atoms with Gasteiger partial charge in [0, 0.05) is 36.5 Å². The number of carbonyl (C=O) groups is 1. The van der Waals surface area contributed by atoms with Crippen LogP contribution in [0.15, 0.2) is 52.2 Å². The highest BCUT2D eigenvalue weighted by Gasteiger charge is 2.23. The summed E-state index contributed by atoms with van der Waals surface area (Å²) in [6.07, 6.45) is 3.40. The Morgan fingerprint density at radius 1 is 1.00 bits per heavy atom. The molecule has 4 rings (SSSR count). The molecule has 2 aromatic carbocycles. The molecule has 0 atom stereocenters. The number of carbonyl (C=O) groups excluding carboxylic acids is 1. The van der Waals surface area contributed by atoms with Crippen molar-refractivity contribution in [2.45, 2.75) is 44.4 Å². The van der Waals surface area contributed by atoms with Crippen molar-refractivity contribution in [3.05, 3.63) is 69.5 Å². The van der Waals surface area contributed by atoms with E-state index >= 15 is 0 Å². The third kappa shape index (κ3) is 4.68. The number of aryl methyl sites for hydroxylation is 2. The minimum atomic E-state index is -3.88. The zero-order valence-electron chi connectivity index (χ0n) is 18.8.